The highest BCUT2D eigenvalue weighted by molar-refractivity contribution is 5.83. The molecule has 5 nitrogen and oxygen atoms in total. The molecular formula is C25H34N4O. The van der Waals surface area contributed by atoms with E-state index in [9.17, 15) is 4.79 Å². The molecule has 30 heavy (non-hydrogen) atoms. The number of Topliss-reactive ketones (excluding diaryl/α,β-unsaturated/α-hetero) is 1. The minimum atomic E-state index is 0.335. The van der Waals surface area contributed by atoms with E-state index in [0.717, 1.165) is 63.2 Å². The maximum absolute atomic E-state index is 12.5. The summed E-state index contributed by atoms with van der Waals surface area (Å²) in [5, 5.41) is 0. The van der Waals surface area contributed by atoms with Gasteiger partial charge in [0.1, 0.15) is 11.6 Å². The number of aromatic nitrogens is 1. The SMILES string of the molecule is Nc1cccc(-c2ccc(CCN3CCN(CC(=O)C4CCCCC4)CC3)cc2)n1. The van der Waals surface area contributed by atoms with Crippen LogP contribution < -0.4 is 5.73 Å². The van der Waals surface area contributed by atoms with Crippen molar-refractivity contribution in [3.63, 3.8) is 0 Å². The van der Waals surface area contributed by atoms with Crippen molar-refractivity contribution >= 4 is 11.6 Å². The smallest absolute Gasteiger partial charge is 0.149 e. The number of piperazine rings is 1. The van der Waals surface area contributed by atoms with Gasteiger partial charge in [-0.05, 0) is 37.0 Å². The Morgan fingerprint density at radius 1 is 0.933 bits per heavy atom. The Morgan fingerprint density at radius 3 is 2.33 bits per heavy atom. The molecule has 0 radical (unpaired) electrons. The number of carbonyl (C=O) groups is 1. The molecule has 2 aromatic rings. The molecular weight excluding hydrogens is 372 g/mol. The largest absolute Gasteiger partial charge is 0.384 e. The first kappa shape index (κ1) is 21.0. The minimum Gasteiger partial charge on any atom is -0.384 e. The van der Waals surface area contributed by atoms with Crippen molar-refractivity contribution < 1.29 is 4.79 Å². The molecule has 0 bridgehead atoms. The molecule has 2 heterocycles. The second-order valence-electron chi connectivity index (χ2n) is 8.81. The summed E-state index contributed by atoms with van der Waals surface area (Å²) >= 11 is 0. The van der Waals surface area contributed by atoms with E-state index >= 15 is 0 Å². The fourth-order valence-corrected chi connectivity index (χ4v) is 4.69. The van der Waals surface area contributed by atoms with Crippen molar-refractivity contribution in [2.24, 2.45) is 5.92 Å². The molecule has 2 aliphatic rings. The van der Waals surface area contributed by atoms with Crippen molar-refractivity contribution in [1.82, 2.24) is 14.8 Å². The molecule has 0 spiro atoms. The fraction of sp³-hybridized carbons (Fsp3) is 0.520. The number of ketones is 1. The average molecular weight is 407 g/mol. The average Bonchev–Trinajstić information content (AvgIpc) is 2.79. The van der Waals surface area contributed by atoms with Gasteiger partial charge in [-0.2, -0.15) is 0 Å². The van der Waals surface area contributed by atoms with Crippen molar-refractivity contribution in [3.05, 3.63) is 48.0 Å². The lowest BCUT2D eigenvalue weighted by atomic mass is 9.86. The Kier molecular flexibility index (Phi) is 7.13. The zero-order valence-corrected chi connectivity index (χ0v) is 17.9. The quantitative estimate of drug-likeness (QED) is 0.761. The van der Waals surface area contributed by atoms with Crippen LogP contribution in [0.3, 0.4) is 0 Å². The van der Waals surface area contributed by atoms with Crippen molar-refractivity contribution in [1.29, 1.82) is 0 Å². The Morgan fingerprint density at radius 2 is 1.63 bits per heavy atom. The molecule has 1 aliphatic carbocycles. The monoisotopic (exact) mass is 406 g/mol. The molecule has 5 heteroatoms. The van der Waals surface area contributed by atoms with E-state index in [0.29, 0.717) is 24.1 Å². The highest BCUT2D eigenvalue weighted by Gasteiger charge is 2.24. The van der Waals surface area contributed by atoms with Crippen LogP contribution in [0.1, 0.15) is 37.7 Å². The van der Waals surface area contributed by atoms with Gasteiger partial charge in [0.15, 0.2) is 0 Å². The molecule has 4 rings (SSSR count). The molecule has 160 valence electrons. The van der Waals surface area contributed by atoms with E-state index in [-0.39, 0.29) is 0 Å². The standard InChI is InChI=1S/C25H34N4O/c26-25-8-4-7-23(27-25)21-11-9-20(10-12-21)13-14-28-15-17-29(18-16-28)19-24(30)22-5-2-1-3-6-22/h4,7-12,22H,1-3,5-6,13-19H2,(H2,26,27). The summed E-state index contributed by atoms with van der Waals surface area (Å²) in [6.45, 7) is 5.88. The lowest BCUT2D eigenvalue weighted by molar-refractivity contribution is -0.125. The molecule has 2 fully saturated rings. The van der Waals surface area contributed by atoms with Gasteiger partial charge in [-0.25, -0.2) is 4.98 Å². The summed E-state index contributed by atoms with van der Waals surface area (Å²) in [4.78, 5) is 21.8. The first-order chi connectivity index (χ1) is 14.7. The van der Waals surface area contributed by atoms with Crippen LogP contribution in [0.15, 0.2) is 42.5 Å². The van der Waals surface area contributed by atoms with Gasteiger partial charge in [0.2, 0.25) is 0 Å². The number of nitrogen functional groups attached to an aromatic ring is 1. The predicted octanol–water partition coefficient (Wildman–Crippen LogP) is 3.64. The highest BCUT2D eigenvalue weighted by Crippen LogP contribution is 2.25. The number of carbonyl (C=O) groups excluding carboxylic acids is 1. The summed E-state index contributed by atoms with van der Waals surface area (Å²) < 4.78 is 0. The number of anilines is 1. The third kappa shape index (κ3) is 5.67. The van der Waals surface area contributed by atoms with E-state index in [2.05, 4.69) is 39.0 Å². The number of hydrogen-bond acceptors (Lipinski definition) is 5. The first-order valence-corrected chi connectivity index (χ1v) is 11.5. The van der Waals surface area contributed by atoms with Crippen molar-refractivity contribution in [2.75, 3.05) is 45.0 Å². The maximum Gasteiger partial charge on any atom is 0.149 e. The van der Waals surface area contributed by atoms with Crippen LogP contribution >= 0.6 is 0 Å². The molecule has 0 atom stereocenters. The van der Waals surface area contributed by atoms with Gasteiger partial charge in [0.25, 0.3) is 0 Å². The molecule has 1 aromatic carbocycles. The summed E-state index contributed by atoms with van der Waals surface area (Å²) in [6, 6.07) is 14.4. The molecule has 0 unspecified atom stereocenters. The van der Waals surface area contributed by atoms with Crippen molar-refractivity contribution in [2.45, 2.75) is 38.5 Å². The normalized spacial score (nSPS) is 19.1. The predicted molar refractivity (Wildman–Crippen MR) is 122 cm³/mol. The third-order valence-electron chi connectivity index (χ3n) is 6.64. The summed E-state index contributed by atoms with van der Waals surface area (Å²) in [5.74, 6) is 1.37. The van der Waals surface area contributed by atoms with E-state index in [1.165, 1.54) is 24.8 Å². The van der Waals surface area contributed by atoms with Gasteiger partial charge < -0.3 is 10.6 Å². The number of hydrogen-bond donors (Lipinski definition) is 1. The van der Waals surface area contributed by atoms with E-state index < -0.39 is 0 Å². The van der Waals surface area contributed by atoms with Crippen molar-refractivity contribution in [3.8, 4) is 11.3 Å². The Labute approximate surface area is 180 Å². The van der Waals surface area contributed by atoms with E-state index in [1.54, 1.807) is 0 Å². The Hall–Kier alpha value is -2.24. The fourth-order valence-electron chi connectivity index (χ4n) is 4.69. The van der Waals surface area contributed by atoms with Crippen LogP contribution in [-0.4, -0.2) is 59.8 Å². The second kappa shape index (κ2) is 10.2. The zero-order chi connectivity index (χ0) is 20.8. The number of nitrogens with zero attached hydrogens (tertiary/aromatic N) is 3. The maximum atomic E-state index is 12.5. The van der Waals surface area contributed by atoms with Crippen LogP contribution in [0, 0.1) is 5.92 Å². The molecule has 1 saturated carbocycles. The van der Waals surface area contributed by atoms with Gasteiger partial charge in [-0.3, -0.25) is 9.69 Å². The van der Waals surface area contributed by atoms with E-state index in [1.807, 2.05) is 18.2 Å². The summed E-state index contributed by atoms with van der Waals surface area (Å²) in [6.07, 6.45) is 7.06. The first-order valence-electron chi connectivity index (χ1n) is 11.5. The molecule has 2 N–H and O–H groups in total. The van der Waals surface area contributed by atoms with Crippen LogP contribution in [0.4, 0.5) is 5.82 Å². The minimum absolute atomic E-state index is 0.335. The van der Waals surface area contributed by atoms with Gasteiger partial charge in [-0.1, -0.05) is 49.6 Å². The van der Waals surface area contributed by atoms with Gasteiger partial charge in [0, 0.05) is 44.2 Å². The zero-order valence-electron chi connectivity index (χ0n) is 17.9. The Balaban J connectivity index is 1.20. The molecule has 1 saturated heterocycles. The Bertz CT molecular complexity index is 821. The molecule has 1 aliphatic heterocycles. The number of pyridine rings is 1. The lowest BCUT2D eigenvalue weighted by Gasteiger charge is -2.35. The van der Waals surface area contributed by atoms with Crippen LogP contribution in [0.25, 0.3) is 11.3 Å². The van der Waals surface area contributed by atoms with Crippen LogP contribution in [-0.2, 0) is 11.2 Å². The van der Waals surface area contributed by atoms with Gasteiger partial charge >= 0.3 is 0 Å². The van der Waals surface area contributed by atoms with Gasteiger partial charge in [0.05, 0.1) is 12.2 Å². The molecule has 1 aromatic heterocycles. The summed E-state index contributed by atoms with van der Waals surface area (Å²) in [7, 11) is 0. The lowest BCUT2D eigenvalue weighted by Crippen LogP contribution is -2.49. The second-order valence-corrected chi connectivity index (χ2v) is 8.81. The van der Waals surface area contributed by atoms with Crippen LogP contribution in [0.2, 0.25) is 0 Å². The number of benzene rings is 1. The van der Waals surface area contributed by atoms with Gasteiger partial charge in [-0.15, -0.1) is 0 Å². The number of nitrogens with two attached hydrogens (primary N) is 1. The third-order valence-corrected chi connectivity index (χ3v) is 6.64. The summed E-state index contributed by atoms with van der Waals surface area (Å²) in [5.41, 5.74) is 9.15. The number of rotatable bonds is 7. The molecule has 0 amide bonds. The highest BCUT2D eigenvalue weighted by atomic mass is 16.1. The van der Waals surface area contributed by atoms with E-state index in [4.69, 9.17) is 5.73 Å². The van der Waals surface area contributed by atoms with Crippen LogP contribution in [0.5, 0.6) is 0 Å². The topological polar surface area (TPSA) is 62.5 Å².